The van der Waals surface area contributed by atoms with Gasteiger partial charge in [-0.15, -0.1) is 0 Å². The van der Waals surface area contributed by atoms with E-state index in [0.29, 0.717) is 6.04 Å². The lowest BCUT2D eigenvalue weighted by molar-refractivity contribution is 0.506. The molecule has 0 saturated carbocycles. The van der Waals surface area contributed by atoms with E-state index in [-0.39, 0.29) is 0 Å². The van der Waals surface area contributed by atoms with Gasteiger partial charge in [0.05, 0.1) is 0 Å². The second-order valence-corrected chi connectivity index (χ2v) is 4.00. The molecular weight excluding hydrogens is 174 g/mol. The first-order chi connectivity index (χ1) is 6.75. The maximum Gasteiger partial charge on any atom is 0.0400 e. The van der Waals surface area contributed by atoms with Gasteiger partial charge in [0.2, 0.25) is 0 Å². The molecule has 3 heteroatoms. The van der Waals surface area contributed by atoms with Crippen LogP contribution in [0.2, 0.25) is 0 Å². The van der Waals surface area contributed by atoms with E-state index < -0.39 is 0 Å². The molecule has 0 amide bonds. The highest BCUT2D eigenvalue weighted by Crippen LogP contribution is 2.19. The molecule has 2 N–H and O–H groups in total. The Morgan fingerprint density at radius 2 is 2.43 bits per heavy atom. The Bertz CT molecular complexity index is 311. The minimum absolute atomic E-state index is 0.331. The van der Waals surface area contributed by atoms with E-state index in [0.717, 1.165) is 25.2 Å². The Morgan fingerprint density at radius 1 is 1.57 bits per heavy atom. The van der Waals surface area contributed by atoms with Crippen molar-refractivity contribution in [1.82, 2.24) is 4.98 Å². The van der Waals surface area contributed by atoms with E-state index in [1.165, 1.54) is 12.1 Å². The van der Waals surface area contributed by atoms with Gasteiger partial charge in [0.15, 0.2) is 0 Å². The van der Waals surface area contributed by atoms with E-state index in [1.54, 1.807) is 0 Å². The van der Waals surface area contributed by atoms with Crippen molar-refractivity contribution in [2.45, 2.75) is 25.8 Å². The average Bonchev–Trinajstić information content (AvgIpc) is 2.18. The van der Waals surface area contributed by atoms with Gasteiger partial charge in [0.1, 0.15) is 0 Å². The summed E-state index contributed by atoms with van der Waals surface area (Å²) in [5.41, 5.74) is 8.27. The standard InChI is InChI=1S/C11H17N3/c1-9-7-11(4-5-13-9)14-6-2-3-10(12)8-14/h4-5,7,10H,2-3,6,8,12H2,1H3/t10-/m1/s1. The molecule has 1 aliphatic heterocycles. The van der Waals surface area contributed by atoms with Gasteiger partial charge in [-0.1, -0.05) is 0 Å². The first kappa shape index (κ1) is 9.46. The summed E-state index contributed by atoms with van der Waals surface area (Å²) in [5.74, 6) is 0. The highest BCUT2D eigenvalue weighted by molar-refractivity contribution is 5.46. The molecule has 0 unspecified atom stereocenters. The molecule has 0 radical (unpaired) electrons. The van der Waals surface area contributed by atoms with Crippen LogP contribution in [-0.4, -0.2) is 24.1 Å². The normalized spacial score (nSPS) is 22.4. The Morgan fingerprint density at radius 3 is 3.14 bits per heavy atom. The summed E-state index contributed by atoms with van der Waals surface area (Å²) < 4.78 is 0. The Hall–Kier alpha value is -1.09. The lowest BCUT2D eigenvalue weighted by Gasteiger charge is -2.32. The zero-order valence-corrected chi connectivity index (χ0v) is 8.61. The van der Waals surface area contributed by atoms with Crippen molar-refractivity contribution in [3.63, 3.8) is 0 Å². The van der Waals surface area contributed by atoms with Gasteiger partial charge in [-0.05, 0) is 31.9 Å². The molecule has 1 atom stereocenters. The lowest BCUT2D eigenvalue weighted by atomic mass is 10.1. The average molecular weight is 191 g/mol. The number of hydrogen-bond donors (Lipinski definition) is 1. The maximum atomic E-state index is 5.94. The molecule has 3 nitrogen and oxygen atoms in total. The number of nitrogens with two attached hydrogens (primary N) is 1. The van der Waals surface area contributed by atoms with Gasteiger partial charge in [-0.3, -0.25) is 4.98 Å². The molecule has 1 aromatic heterocycles. The number of hydrogen-bond acceptors (Lipinski definition) is 3. The minimum Gasteiger partial charge on any atom is -0.370 e. The summed E-state index contributed by atoms with van der Waals surface area (Å²) in [5, 5.41) is 0. The largest absolute Gasteiger partial charge is 0.370 e. The molecule has 1 saturated heterocycles. The van der Waals surface area contributed by atoms with E-state index >= 15 is 0 Å². The number of pyridine rings is 1. The topological polar surface area (TPSA) is 42.1 Å². The molecule has 76 valence electrons. The number of aromatic nitrogens is 1. The molecule has 1 fully saturated rings. The smallest absolute Gasteiger partial charge is 0.0400 e. The third-order valence-corrected chi connectivity index (χ3v) is 2.70. The highest BCUT2D eigenvalue weighted by Gasteiger charge is 2.16. The van der Waals surface area contributed by atoms with Crippen LogP contribution in [-0.2, 0) is 0 Å². The molecule has 0 bridgehead atoms. The van der Waals surface area contributed by atoms with Crippen LogP contribution in [0.3, 0.4) is 0 Å². The molecule has 0 aromatic carbocycles. The van der Waals surface area contributed by atoms with Crippen LogP contribution in [0.5, 0.6) is 0 Å². The maximum absolute atomic E-state index is 5.94. The second kappa shape index (κ2) is 3.96. The van der Waals surface area contributed by atoms with E-state index in [4.69, 9.17) is 5.73 Å². The Labute approximate surface area is 84.9 Å². The summed E-state index contributed by atoms with van der Waals surface area (Å²) in [4.78, 5) is 6.55. The van der Waals surface area contributed by atoms with Crippen molar-refractivity contribution in [3.05, 3.63) is 24.0 Å². The SMILES string of the molecule is Cc1cc(N2CCC[C@@H](N)C2)ccn1. The van der Waals surface area contributed by atoms with Gasteiger partial charge in [0, 0.05) is 36.7 Å². The summed E-state index contributed by atoms with van der Waals surface area (Å²) in [6, 6.07) is 4.51. The minimum atomic E-state index is 0.331. The third-order valence-electron chi connectivity index (χ3n) is 2.70. The number of aryl methyl sites for hydroxylation is 1. The van der Waals surface area contributed by atoms with Crippen LogP contribution in [0.4, 0.5) is 5.69 Å². The number of anilines is 1. The van der Waals surface area contributed by atoms with E-state index in [9.17, 15) is 0 Å². The van der Waals surface area contributed by atoms with Crippen LogP contribution in [0.1, 0.15) is 18.5 Å². The fourth-order valence-corrected chi connectivity index (χ4v) is 1.97. The highest BCUT2D eigenvalue weighted by atomic mass is 15.1. The van der Waals surface area contributed by atoms with Crippen molar-refractivity contribution < 1.29 is 0 Å². The van der Waals surface area contributed by atoms with Crippen LogP contribution in [0.25, 0.3) is 0 Å². The van der Waals surface area contributed by atoms with Gasteiger partial charge >= 0.3 is 0 Å². The van der Waals surface area contributed by atoms with E-state index in [1.807, 2.05) is 13.1 Å². The zero-order valence-electron chi connectivity index (χ0n) is 8.61. The monoisotopic (exact) mass is 191 g/mol. The molecule has 2 rings (SSSR count). The third kappa shape index (κ3) is 2.04. The fourth-order valence-electron chi connectivity index (χ4n) is 1.97. The lowest BCUT2D eigenvalue weighted by Crippen LogP contribution is -2.42. The van der Waals surface area contributed by atoms with Gasteiger partial charge in [-0.25, -0.2) is 0 Å². The Balaban J connectivity index is 2.14. The number of rotatable bonds is 1. The fraction of sp³-hybridized carbons (Fsp3) is 0.545. The quantitative estimate of drug-likeness (QED) is 0.728. The summed E-state index contributed by atoms with van der Waals surface area (Å²) in [6.07, 6.45) is 4.22. The van der Waals surface area contributed by atoms with E-state index in [2.05, 4.69) is 22.0 Å². The van der Waals surface area contributed by atoms with Gasteiger partial charge < -0.3 is 10.6 Å². The number of piperidine rings is 1. The van der Waals surface area contributed by atoms with Gasteiger partial charge in [-0.2, -0.15) is 0 Å². The van der Waals surface area contributed by atoms with Crippen molar-refractivity contribution in [2.24, 2.45) is 5.73 Å². The molecule has 2 heterocycles. The van der Waals surface area contributed by atoms with Crippen molar-refractivity contribution in [1.29, 1.82) is 0 Å². The van der Waals surface area contributed by atoms with Crippen LogP contribution in [0, 0.1) is 6.92 Å². The predicted molar refractivity (Wildman–Crippen MR) is 58.4 cm³/mol. The van der Waals surface area contributed by atoms with Crippen molar-refractivity contribution in [2.75, 3.05) is 18.0 Å². The molecule has 14 heavy (non-hydrogen) atoms. The first-order valence-electron chi connectivity index (χ1n) is 5.19. The van der Waals surface area contributed by atoms with Crippen LogP contribution >= 0.6 is 0 Å². The predicted octanol–water partition coefficient (Wildman–Crippen LogP) is 1.32. The molecule has 0 spiro atoms. The van der Waals surface area contributed by atoms with Crippen molar-refractivity contribution in [3.8, 4) is 0 Å². The van der Waals surface area contributed by atoms with Crippen LogP contribution < -0.4 is 10.6 Å². The summed E-state index contributed by atoms with van der Waals surface area (Å²) in [6.45, 7) is 4.12. The van der Waals surface area contributed by atoms with Crippen molar-refractivity contribution >= 4 is 5.69 Å². The first-order valence-corrected chi connectivity index (χ1v) is 5.19. The zero-order chi connectivity index (χ0) is 9.97. The molecular formula is C11H17N3. The van der Waals surface area contributed by atoms with Crippen LogP contribution in [0.15, 0.2) is 18.3 Å². The summed E-state index contributed by atoms with van der Waals surface area (Å²) in [7, 11) is 0. The number of nitrogens with zero attached hydrogens (tertiary/aromatic N) is 2. The second-order valence-electron chi connectivity index (χ2n) is 4.00. The summed E-state index contributed by atoms with van der Waals surface area (Å²) >= 11 is 0. The molecule has 1 aliphatic rings. The molecule has 0 aliphatic carbocycles. The Kier molecular flexibility index (Phi) is 2.68. The van der Waals surface area contributed by atoms with Gasteiger partial charge in [0.25, 0.3) is 0 Å². The molecule has 1 aromatic rings.